The molecule has 0 aliphatic carbocycles. The molecule has 1 aromatic carbocycles. The third-order valence-corrected chi connectivity index (χ3v) is 3.21. The Bertz CT molecular complexity index is 547. The van der Waals surface area contributed by atoms with Crippen LogP contribution < -0.4 is 5.32 Å². The van der Waals surface area contributed by atoms with Crippen molar-refractivity contribution in [2.75, 3.05) is 31.7 Å². The monoisotopic (exact) mass is 296 g/mol. The third-order valence-electron chi connectivity index (χ3n) is 3.21. The van der Waals surface area contributed by atoms with E-state index in [2.05, 4.69) is 5.32 Å². The van der Waals surface area contributed by atoms with Crippen LogP contribution in [-0.2, 0) is 4.74 Å². The van der Waals surface area contributed by atoms with Crippen LogP contribution in [0.25, 0.3) is 0 Å². The predicted octanol–water partition coefficient (Wildman–Crippen LogP) is 0.315. The van der Waals surface area contributed by atoms with Crippen LogP contribution in [-0.4, -0.2) is 64.6 Å². The van der Waals surface area contributed by atoms with Crippen molar-refractivity contribution in [3.05, 3.63) is 23.8 Å². The van der Waals surface area contributed by atoms with E-state index < -0.39 is 23.8 Å². The summed E-state index contributed by atoms with van der Waals surface area (Å²) < 4.78 is 5.17. The molecule has 4 N–H and O–H groups in total. The number of carboxylic acids is 1. The number of morpholine rings is 1. The van der Waals surface area contributed by atoms with Crippen LogP contribution in [0.3, 0.4) is 0 Å². The predicted molar refractivity (Wildman–Crippen MR) is 72.5 cm³/mol. The molecule has 8 heteroatoms. The molecule has 1 unspecified atom stereocenters. The molecule has 0 bridgehead atoms. The highest BCUT2D eigenvalue weighted by atomic mass is 16.5. The van der Waals surface area contributed by atoms with Crippen molar-refractivity contribution in [3.8, 4) is 5.75 Å². The summed E-state index contributed by atoms with van der Waals surface area (Å²) in [5, 5.41) is 30.4. The number of urea groups is 1. The number of aromatic carboxylic acids is 1. The maximum atomic E-state index is 12.2. The number of benzene rings is 1. The highest BCUT2D eigenvalue weighted by Gasteiger charge is 2.27. The fourth-order valence-electron chi connectivity index (χ4n) is 2.08. The molecular formula is C13H16N2O6. The third kappa shape index (κ3) is 3.23. The number of aromatic hydroxyl groups is 1. The highest BCUT2D eigenvalue weighted by Crippen LogP contribution is 2.27. The average molecular weight is 296 g/mol. The van der Waals surface area contributed by atoms with Crippen LogP contribution in [0.5, 0.6) is 5.75 Å². The van der Waals surface area contributed by atoms with E-state index in [4.69, 9.17) is 9.84 Å². The van der Waals surface area contributed by atoms with E-state index in [9.17, 15) is 19.8 Å². The Morgan fingerprint density at radius 1 is 1.43 bits per heavy atom. The summed E-state index contributed by atoms with van der Waals surface area (Å²) in [6.45, 7) is 0.640. The summed E-state index contributed by atoms with van der Waals surface area (Å²) in [5.74, 6) is -1.80. The molecule has 0 spiro atoms. The summed E-state index contributed by atoms with van der Waals surface area (Å²) in [4.78, 5) is 24.5. The Balaban J connectivity index is 2.16. The van der Waals surface area contributed by atoms with Crippen molar-refractivity contribution >= 4 is 17.7 Å². The van der Waals surface area contributed by atoms with E-state index in [0.29, 0.717) is 13.2 Å². The smallest absolute Gasteiger partial charge is 0.339 e. The molecule has 8 nitrogen and oxygen atoms in total. The van der Waals surface area contributed by atoms with E-state index in [1.807, 2.05) is 0 Å². The maximum Gasteiger partial charge on any atom is 0.339 e. The molecule has 21 heavy (non-hydrogen) atoms. The van der Waals surface area contributed by atoms with E-state index >= 15 is 0 Å². The molecule has 2 amide bonds. The lowest BCUT2D eigenvalue weighted by molar-refractivity contribution is -0.00485. The number of aliphatic hydroxyl groups is 1. The zero-order valence-electron chi connectivity index (χ0n) is 11.2. The van der Waals surface area contributed by atoms with Crippen LogP contribution >= 0.6 is 0 Å². The summed E-state index contributed by atoms with van der Waals surface area (Å²) in [6, 6.07) is 3.05. The van der Waals surface area contributed by atoms with Gasteiger partial charge in [0.15, 0.2) is 5.75 Å². The minimum atomic E-state index is -1.29. The maximum absolute atomic E-state index is 12.2. The second-order valence-electron chi connectivity index (χ2n) is 4.54. The van der Waals surface area contributed by atoms with Gasteiger partial charge in [-0.25, -0.2) is 9.59 Å². The second kappa shape index (κ2) is 6.42. The Hall–Kier alpha value is -2.32. The molecule has 0 aromatic heterocycles. The number of phenols is 1. The van der Waals surface area contributed by atoms with Crippen LogP contribution in [0.4, 0.5) is 10.5 Å². The number of para-hydroxylation sites is 1. The van der Waals surface area contributed by atoms with Gasteiger partial charge in [-0.3, -0.25) is 0 Å². The Labute approximate surface area is 120 Å². The summed E-state index contributed by atoms with van der Waals surface area (Å²) in [5.41, 5.74) is -0.295. The Kier molecular flexibility index (Phi) is 4.61. The molecule has 1 aromatic rings. The van der Waals surface area contributed by atoms with E-state index in [-0.39, 0.29) is 24.5 Å². The molecular weight excluding hydrogens is 280 g/mol. The number of carboxylic acid groups (broad SMARTS) is 1. The number of nitrogens with zero attached hydrogens (tertiary/aromatic N) is 1. The molecule has 1 atom stereocenters. The van der Waals surface area contributed by atoms with Crippen molar-refractivity contribution in [1.29, 1.82) is 0 Å². The van der Waals surface area contributed by atoms with Crippen molar-refractivity contribution in [1.82, 2.24) is 4.90 Å². The molecule has 114 valence electrons. The van der Waals surface area contributed by atoms with Crippen LogP contribution in [0.2, 0.25) is 0 Å². The van der Waals surface area contributed by atoms with Crippen LogP contribution in [0, 0.1) is 0 Å². The first-order chi connectivity index (χ1) is 10.0. The van der Waals surface area contributed by atoms with Gasteiger partial charge in [0.25, 0.3) is 0 Å². The van der Waals surface area contributed by atoms with Gasteiger partial charge < -0.3 is 30.3 Å². The minimum absolute atomic E-state index is 0.00285. The first kappa shape index (κ1) is 15.1. The van der Waals surface area contributed by atoms with Gasteiger partial charge in [0.1, 0.15) is 5.56 Å². The highest BCUT2D eigenvalue weighted by molar-refractivity contribution is 5.97. The summed E-state index contributed by atoms with van der Waals surface area (Å²) in [7, 11) is 0. The number of aliphatic hydroxyl groups excluding tert-OH is 1. The van der Waals surface area contributed by atoms with Crippen LogP contribution in [0.15, 0.2) is 18.2 Å². The number of hydrogen-bond donors (Lipinski definition) is 4. The lowest BCUT2D eigenvalue weighted by atomic mass is 10.1. The molecule has 1 fully saturated rings. The molecule has 0 saturated carbocycles. The minimum Gasteiger partial charge on any atom is -0.505 e. The van der Waals surface area contributed by atoms with Gasteiger partial charge in [0, 0.05) is 6.54 Å². The fourth-order valence-corrected chi connectivity index (χ4v) is 2.08. The lowest BCUT2D eigenvalue weighted by Crippen LogP contribution is -2.52. The number of ether oxygens (including phenoxy) is 1. The van der Waals surface area contributed by atoms with Gasteiger partial charge in [0.05, 0.1) is 31.5 Å². The average Bonchev–Trinajstić information content (AvgIpc) is 2.48. The normalized spacial score (nSPS) is 18.3. The summed E-state index contributed by atoms with van der Waals surface area (Å²) >= 11 is 0. The fraction of sp³-hybridized carbons (Fsp3) is 0.385. The number of rotatable bonds is 3. The SMILES string of the molecule is O=C(O)c1cccc(NC(=O)N2CCOCC2CO)c1O. The van der Waals surface area contributed by atoms with Gasteiger partial charge in [0.2, 0.25) is 0 Å². The van der Waals surface area contributed by atoms with Crippen molar-refractivity contribution in [2.24, 2.45) is 0 Å². The van der Waals surface area contributed by atoms with Gasteiger partial charge in [-0.2, -0.15) is 0 Å². The first-order valence-electron chi connectivity index (χ1n) is 6.36. The molecule has 1 aliphatic rings. The molecule has 2 rings (SSSR count). The zero-order chi connectivity index (χ0) is 15.4. The number of amides is 2. The second-order valence-corrected chi connectivity index (χ2v) is 4.54. The first-order valence-corrected chi connectivity index (χ1v) is 6.36. The number of carbonyl (C=O) groups is 2. The number of nitrogens with one attached hydrogen (secondary N) is 1. The zero-order valence-corrected chi connectivity index (χ0v) is 11.2. The molecule has 0 radical (unpaired) electrons. The van der Waals surface area contributed by atoms with Gasteiger partial charge >= 0.3 is 12.0 Å². The number of carbonyl (C=O) groups excluding carboxylic acids is 1. The van der Waals surface area contributed by atoms with Crippen molar-refractivity contribution in [2.45, 2.75) is 6.04 Å². The number of hydrogen-bond acceptors (Lipinski definition) is 5. The van der Waals surface area contributed by atoms with Crippen LogP contribution in [0.1, 0.15) is 10.4 Å². The van der Waals surface area contributed by atoms with Gasteiger partial charge in [-0.15, -0.1) is 0 Å². The quantitative estimate of drug-likeness (QED) is 0.596. The van der Waals surface area contributed by atoms with E-state index in [1.54, 1.807) is 0 Å². The van der Waals surface area contributed by atoms with Gasteiger partial charge in [-0.05, 0) is 12.1 Å². The summed E-state index contributed by atoms with van der Waals surface area (Å²) in [6.07, 6.45) is 0. The molecule has 1 aliphatic heterocycles. The lowest BCUT2D eigenvalue weighted by Gasteiger charge is -2.34. The number of anilines is 1. The van der Waals surface area contributed by atoms with Crippen molar-refractivity contribution in [3.63, 3.8) is 0 Å². The Morgan fingerprint density at radius 3 is 2.86 bits per heavy atom. The standard InChI is InChI=1S/C13H16N2O6/c16-6-8-7-21-5-4-15(8)13(20)14-10-3-1-2-9(11(10)17)12(18)19/h1-3,8,16-17H,4-7H2,(H,14,20)(H,18,19). The largest absolute Gasteiger partial charge is 0.505 e. The van der Waals surface area contributed by atoms with Gasteiger partial charge in [-0.1, -0.05) is 6.07 Å². The topological polar surface area (TPSA) is 119 Å². The van der Waals surface area contributed by atoms with Crippen molar-refractivity contribution < 1.29 is 29.6 Å². The Morgan fingerprint density at radius 2 is 2.19 bits per heavy atom. The van der Waals surface area contributed by atoms with E-state index in [1.165, 1.54) is 23.1 Å². The van der Waals surface area contributed by atoms with E-state index in [0.717, 1.165) is 0 Å². The molecule has 1 heterocycles. The molecule has 1 saturated heterocycles.